The molecule has 3 unspecified atom stereocenters. The molecular formula is C16H32N2. The van der Waals surface area contributed by atoms with E-state index >= 15 is 0 Å². The molecule has 1 N–H and O–H groups in total. The highest BCUT2D eigenvalue weighted by molar-refractivity contribution is 4.97. The zero-order valence-electron chi connectivity index (χ0n) is 13.0. The number of nitrogens with zero attached hydrogens (tertiary/aromatic N) is 1. The minimum absolute atomic E-state index is 0.483. The molecule has 0 radical (unpaired) electrons. The number of nitrogens with one attached hydrogen (secondary N) is 1. The molecule has 1 saturated heterocycles. The fourth-order valence-corrected chi connectivity index (χ4v) is 4.25. The van der Waals surface area contributed by atoms with Crippen LogP contribution in [-0.2, 0) is 0 Å². The maximum atomic E-state index is 3.59. The van der Waals surface area contributed by atoms with Crippen molar-refractivity contribution >= 4 is 0 Å². The zero-order chi connectivity index (χ0) is 13.3. The summed E-state index contributed by atoms with van der Waals surface area (Å²) >= 11 is 0. The molecule has 0 aromatic rings. The summed E-state index contributed by atoms with van der Waals surface area (Å²) in [6, 6.07) is 0.704. The molecule has 106 valence electrons. The first kappa shape index (κ1) is 14.3. The quantitative estimate of drug-likeness (QED) is 0.827. The van der Waals surface area contributed by atoms with Gasteiger partial charge in [-0.05, 0) is 56.0 Å². The molecule has 0 bridgehead atoms. The molecule has 0 aromatic carbocycles. The summed E-state index contributed by atoms with van der Waals surface area (Å²) in [5.74, 6) is 2.65. The van der Waals surface area contributed by atoms with E-state index in [0.717, 1.165) is 17.8 Å². The van der Waals surface area contributed by atoms with Crippen LogP contribution in [0.25, 0.3) is 0 Å². The number of rotatable bonds is 4. The van der Waals surface area contributed by atoms with Crippen molar-refractivity contribution in [2.75, 3.05) is 26.7 Å². The van der Waals surface area contributed by atoms with Crippen molar-refractivity contribution in [1.82, 2.24) is 10.2 Å². The minimum Gasteiger partial charge on any atom is -0.316 e. The molecule has 2 rings (SSSR count). The summed E-state index contributed by atoms with van der Waals surface area (Å²) in [4.78, 5) is 2.72. The summed E-state index contributed by atoms with van der Waals surface area (Å²) in [5.41, 5.74) is 0.483. The summed E-state index contributed by atoms with van der Waals surface area (Å²) in [6.45, 7) is 13.6. The van der Waals surface area contributed by atoms with Crippen LogP contribution in [0, 0.1) is 23.2 Å². The van der Waals surface area contributed by atoms with Crippen molar-refractivity contribution in [3.05, 3.63) is 0 Å². The van der Waals surface area contributed by atoms with Gasteiger partial charge < -0.3 is 10.2 Å². The highest BCUT2D eigenvalue weighted by Crippen LogP contribution is 2.42. The van der Waals surface area contributed by atoms with E-state index in [0.29, 0.717) is 11.5 Å². The Kier molecular flexibility index (Phi) is 4.38. The third-order valence-corrected chi connectivity index (χ3v) is 5.53. The Hall–Kier alpha value is -0.0800. The predicted octanol–water partition coefficient (Wildman–Crippen LogP) is 2.99. The van der Waals surface area contributed by atoms with Gasteiger partial charge in [-0.25, -0.2) is 0 Å². The van der Waals surface area contributed by atoms with Gasteiger partial charge in [-0.2, -0.15) is 0 Å². The molecule has 2 nitrogen and oxygen atoms in total. The fourth-order valence-electron chi connectivity index (χ4n) is 4.25. The van der Waals surface area contributed by atoms with Crippen molar-refractivity contribution in [2.24, 2.45) is 23.2 Å². The molecule has 2 fully saturated rings. The lowest BCUT2D eigenvalue weighted by Gasteiger charge is -2.32. The third kappa shape index (κ3) is 2.91. The smallest absolute Gasteiger partial charge is 0.0156 e. The van der Waals surface area contributed by atoms with E-state index in [1.54, 1.807) is 0 Å². The van der Waals surface area contributed by atoms with E-state index in [1.807, 2.05) is 0 Å². The molecule has 1 aliphatic heterocycles. The van der Waals surface area contributed by atoms with Gasteiger partial charge in [0, 0.05) is 19.1 Å². The fraction of sp³-hybridized carbons (Fsp3) is 1.00. The largest absolute Gasteiger partial charge is 0.316 e. The Morgan fingerprint density at radius 3 is 2.56 bits per heavy atom. The maximum Gasteiger partial charge on any atom is 0.0156 e. The Balaban J connectivity index is 1.87. The molecule has 1 aliphatic carbocycles. The molecule has 0 aromatic heterocycles. The molecule has 0 amide bonds. The molecular weight excluding hydrogens is 220 g/mol. The Bertz CT molecular complexity index is 272. The van der Waals surface area contributed by atoms with Crippen LogP contribution in [0.5, 0.6) is 0 Å². The monoisotopic (exact) mass is 252 g/mol. The second-order valence-electron chi connectivity index (χ2n) is 7.61. The van der Waals surface area contributed by atoms with E-state index < -0.39 is 0 Å². The van der Waals surface area contributed by atoms with Crippen molar-refractivity contribution < 1.29 is 0 Å². The SMILES string of the molecule is CNC1C(CN2CCC(C(C)C)C2)CCC1(C)C. The van der Waals surface area contributed by atoms with Crippen LogP contribution < -0.4 is 5.32 Å². The van der Waals surface area contributed by atoms with E-state index in [-0.39, 0.29) is 0 Å². The summed E-state index contributed by atoms with van der Waals surface area (Å²) in [5, 5.41) is 3.59. The van der Waals surface area contributed by atoms with Crippen LogP contribution in [0.4, 0.5) is 0 Å². The van der Waals surface area contributed by atoms with Crippen molar-refractivity contribution in [2.45, 2.75) is 53.0 Å². The van der Waals surface area contributed by atoms with Gasteiger partial charge in [0.15, 0.2) is 0 Å². The van der Waals surface area contributed by atoms with E-state index in [2.05, 4.69) is 45.0 Å². The van der Waals surface area contributed by atoms with Crippen LogP contribution in [-0.4, -0.2) is 37.6 Å². The molecule has 3 atom stereocenters. The van der Waals surface area contributed by atoms with Crippen LogP contribution in [0.3, 0.4) is 0 Å². The average molecular weight is 252 g/mol. The first-order valence-corrected chi connectivity index (χ1v) is 7.83. The van der Waals surface area contributed by atoms with Crippen molar-refractivity contribution in [3.63, 3.8) is 0 Å². The maximum absolute atomic E-state index is 3.59. The van der Waals surface area contributed by atoms with Gasteiger partial charge in [0.25, 0.3) is 0 Å². The summed E-state index contributed by atoms with van der Waals surface area (Å²) in [7, 11) is 2.14. The Morgan fingerprint density at radius 1 is 1.28 bits per heavy atom. The normalized spacial score (nSPS) is 36.7. The lowest BCUT2D eigenvalue weighted by molar-refractivity contribution is 0.204. The predicted molar refractivity (Wildman–Crippen MR) is 78.7 cm³/mol. The molecule has 1 saturated carbocycles. The lowest BCUT2D eigenvalue weighted by atomic mass is 9.85. The van der Waals surface area contributed by atoms with Crippen molar-refractivity contribution in [3.8, 4) is 0 Å². The summed E-state index contributed by atoms with van der Waals surface area (Å²) in [6.07, 6.45) is 4.20. The van der Waals surface area contributed by atoms with Crippen LogP contribution in [0.15, 0.2) is 0 Å². The Labute approximate surface area is 114 Å². The molecule has 2 aliphatic rings. The highest BCUT2D eigenvalue weighted by Gasteiger charge is 2.42. The first-order valence-electron chi connectivity index (χ1n) is 7.83. The van der Waals surface area contributed by atoms with Gasteiger partial charge in [0.2, 0.25) is 0 Å². The second-order valence-corrected chi connectivity index (χ2v) is 7.61. The average Bonchev–Trinajstić information content (AvgIpc) is 2.84. The number of hydrogen-bond acceptors (Lipinski definition) is 2. The third-order valence-electron chi connectivity index (χ3n) is 5.53. The first-order chi connectivity index (χ1) is 8.44. The van der Waals surface area contributed by atoms with Gasteiger partial charge >= 0.3 is 0 Å². The van der Waals surface area contributed by atoms with E-state index in [9.17, 15) is 0 Å². The zero-order valence-corrected chi connectivity index (χ0v) is 13.0. The molecule has 18 heavy (non-hydrogen) atoms. The topological polar surface area (TPSA) is 15.3 Å². The van der Waals surface area contributed by atoms with Gasteiger partial charge in [-0.3, -0.25) is 0 Å². The standard InChI is InChI=1S/C16H32N2/c1-12(2)13-7-9-18(10-13)11-14-6-8-16(3,4)15(14)17-5/h12-15,17H,6-11H2,1-5H3. The van der Waals surface area contributed by atoms with Gasteiger partial charge in [-0.1, -0.05) is 27.7 Å². The van der Waals surface area contributed by atoms with E-state index in [1.165, 1.54) is 38.9 Å². The van der Waals surface area contributed by atoms with Gasteiger partial charge in [0.05, 0.1) is 0 Å². The van der Waals surface area contributed by atoms with Crippen LogP contribution in [0.2, 0.25) is 0 Å². The molecule has 2 heteroatoms. The number of hydrogen-bond donors (Lipinski definition) is 1. The van der Waals surface area contributed by atoms with E-state index in [4.69, 9.17) is 0 Å². The lowest BCUT2D eigenvalue weighted by Crippen LogP contribution is -2.43. The highest BCUT2D eigenvalue weighted by atomic mass is 15.2. The van der Waals surface area contributed by atoms with Gasteiger partial charge in [0.1, 0.15) is 0 Å². The van der Waals surface area contributed by atoms with Gasteiger partial charge in [-0.15, -0.1) is 0 Å². The van der Waals surface area contributed by atoms with Crippen molar-refractivity contribution in [1.29, 1.82) is 0 Å². The van der Waals surface area contributed by atoms with Crippen LogP contribution >= 0.6 is 0 Å². The molecule has 0 spiro atoms. The van der Waals surface area contributed by atoms with Crippen LogP contribution in [0.1, 0.15) is 47.0 Å². The summed E-state index contributed by atoms with van der Waals surface area (Å²) < 4.78 is 0. The molecule has 1 heterocycles. The Morgan fingerprint density at radius 2 is 2.00 bits per heavy atom. The minimum atomic E-state index is 0.483. The second kappa shape index (κ2) is 5.50. The number of likely N-dealkylation sites (tertiary alicyclic amines) is 1.